The van der Waals surface area contributed by atoms with Gasteiger partial charge in [0.15, 0.2) is 8.32 Å². The SMILES string of the molecule is COCO[C@H]1C#C/C=C\C#C[C@@](C)(O[Si](C)(C)C(C)(C)C)/C(Sc2ccccc2)=C/CO/C(O[Si](C(C)C)(C(C)C)C(C)C)=C\C1. The fourth-order valence-electron chi connectivity index (χ4n) is 5.53. The minimum atomic E-state index is -2.31. The first-order valence-electron chi connectivity index (χ1n) is 16.4. The Bertz CT molecular complexity index is 1300. The van der Waals surface area contributed by atoms with E-state index in [4.69, 9.17) is 23.1 Å². The molecule has 2 atom stereocenters. The Morgan fingerprint density at radius 2 is 1.57 bits per heavy atom. The summed E-state index contributed by atoms with van der Waals surface area (Å²) in [6.45, 7) is 27.5. The van der Waals surface area contributed by atoms with Gasteiger partial charge in [0.1, 0.15) is 25.1 Å². The molecule has 1 heterocycles. The van der Waals surface area contributed by atoms with Crippen molar-refractivity contribution in [2.45, 2.75) is 127 Å². The van der Waals surface area contributed by atoms with E-state index in [1.807, 2.05) is 12.1 Å². The Labute approximate surface area is 287 Å². The highest BCUT2D eigenvalue weighted by Crippen LogP contribution is 2.45. The molecule has 0 fully saturated rings. The van der Waals surface area contributed by atoms with Gasteiger partial charge in [-0.1, -0.05) is 116 Å². The Morgan fingerprint density at radius 1 is 0.957 bits per heavy atom. The number of benzene rings is 1. The van der Waals surface area contributed by atoms with Gasteiger partial charge in [0.2, 0.25) is 0 Å². The zero-order valence-corrected chi connectivity index (χ0v) is 33.4. The number of thioether (sulfide) groups is 1. The third-order valence-electron chi connectivity index (χ3n) is 8.88. The number of hydrogen-bond donors (Lipinski definition) is 0. The molecular formula is C38H58O5SSi2. The van der Waals surface area contributed by atoms with Crippen LogP contribution in [-0.2, 0) is 23.1 Å². The first-order valence-corrected chi connectivity index (χ1v) is 22.3. The van der Waals surface area contributed by atoms with Gasteiger partial charge in [-0.25, -0.2) is 0 Å². The molecule has 0 unspecified atom stereocenters. The average Bonchev–Trinajstić information content (AvgIpc) is 2.96. The highest BCUT2D eigenvalue weighted by Gasteiger charge is 2.48. The number of ether oxygens (including phenoxy) is 3. The van der Waals surface area contributed by atoms with Gasteiger partial charge in [-0.15, -0.1) is 0 Å². The molecule has 5 nitrogen and oxygen atoms in total. The van der Waals surface area contributed by atoms with E-state index in [-0.39, 0.29) is 11.8 Å². The van der Waals surface area contributed by atoms with Crippen LogP contribution < -0.4 is 0 Å². The molecule has 254 valence electrons. The summed E-state index contributed by atoms with van der Waals surface area (Å²) in [5, 5.41) is -0.00547. The second-order valence-corrected chi connectivity index (χ2v) is 25.5. The topological polar surface area (TPSA) is 46.2 Å². The molecule has 0 saturated heterocycles. The van der Waals surface area contributed by atoms with Gasteiger partial charge < -0.3 is 23.1 Å². The third-order valence-corrected chi connectivity index (χ3v) is 20.7. The number of allylic oxidation sites excluding steroid dienone is 2. The summed E-state index contributed by atoms with van der Waals surface area (Å²) in [5.74, 6) is 13.6. The number of hydrogen-bond acceptors (Lipinski definition) is 6. The van der Waals surface area contributed by atoms with E-state index in [2.05, 4.69) is 136 Å². The van der Waals surface area contributed by atoms with Crippen LogP contribution in [0.25, 0.3) is 0 Å². The van der Waals surface area contributed by atoms with Crippen molar-refractivity contribution in [2.75, 3.05) is 20.5 Å². The normalized spacial score (nSPS) is 23.0. The van der Waals surface area contributed by atoms with Crippen LogP contribution >= 0.6 is 11.8 Å². The molecule has 0 bridgehead atoms. The first-order chi connectivity index (χ1) is 21.5. The van der Waals surface area contributed by atoms with E-state index in [9.17, 15) is 0 Å². The average molecular weight is 683 g/mol. The highest BCUT2D eigenvalue weighted by atomic mass is 32.2. The van der Waals surface area contributed by atoms with Gasteiger partial charge >= 0.3 is 0 Å². The van der Waals surface area contributed by atoms with Crippen molar-refractivity contribution in [1.29, 1.82) is 0 Å². The van der Waals surface area contributed by atoms with Crippen LogP contribution in [0.3, 0.4) is 0 Å². The second-order valence-electron chi connectivity index (χ2n) is 14.3. The molecule has 1 aromatic rings. The number of methoxy groups -OCH3 is 1. The highest BCUT2D eigenvalue weighted by molar-refractivity contribution is 8.03. The Morgan fingerprint density at radius 3 is 2.13 bits per heavy atom. The molecule has 0 saturated carbocycles. The molecule has 0 spiro atoms. The van der Waals surface area contributed by atoms with Crippen LogP contribution in [0.4, 0.5) is 0 Å². The maximum Gasteiger partial charge on any atom is 0.262 e. The molecule has 0 amide bonds. The fraction of sp³-hybridized carbons (Fsp3) is 0.579. The predicted molar refractivity (Wildman–Crippen MR) is 199 cm³/mol. The number of rotatable bonds is 12. The Hall–Kier alpha value is -2.18. The molecule has 0 aliphatic carbocycles. The summed E-state index contributed by atoms with van der Waals surface area (Å²) in [6, 6.07) is 10.4. The molecule has 46 heavy (non-hydrogen) atoms. The Kier molecular flexibility index (Phi) is 15.5. The lowest BCUT2D eigenvalue weighted by Gasteiger charge is -2.43. The van der Waals surface area contributed by atoms with Crippen LogP contribution in [0.2, 0.25) is 34.8 Å². The fourth-order valence-corrected chi connectivity index (χ4v) is 13.3. The van der Waals surface area contributed by atoms with Crippen LogP contribution in [0.15, 0.2) is 70.4 Å². The van der Waals surface area contributed by atoms with Crippen molar-refractivity contribution >= 4 is 28.4 Å². The van der Waals surface area contributed by atoms with Crippen molar-refractivity contribution in [3.05, 3.63) is 65.5 Å². The van der Waals surface area contributed by atoms with Gasteiger partial charge in [-0.05, 0) is 78.1 Å². The molecular weight excluding hydrogens is 625 g/mol. The van der Waals surface area contributed by atoms with Gasteiger partial charge in [-0.3, -0.25) is 0 Å². The van der Waals surface area contributed by atoms with Crippen LogP contribution in [0, 0.1) is 23.7 Å². The molecule has 8 heteroatoms. The predicted octanol–water partition coefficient (Wildman–Crippen LogP) is 10.4. The summed E-state index contributed by atoms with van der Waals surface area (Å²) in [6.07, 6.45) is 7.75. The smallest absolute Gasteiger partial charge is 0.262 e. The van der Waals surface area contributed by atoms with Crippen molar-refractivity contribution in [3.8, 4) is 23.7 Å². The van der Waals surface area contributed by atoms with Gasteiger partial charge in [0.25, 0.3) is 14.3 Å². The molecule has 0 radical (unpaired) electrons. The van der Waals surface area contributed by atoms with E-state index < -0.39 is 28.3 Å². The zero-order valence-electron chi connectivity index (χ0n) is 30.6. The molecule has 1 aromatic carbocycles. The van der Waals surface area contributed by atoms with Crippen LogP contribution in [-0.4, -0.2) is 48.8 Å². The van der Waals surface area contributed by atoms with E-state index in [0.29, 0.717) is 35.6 Å². The minimum absolute atomic E-state index is 0.00547. The quantitative estimate of drug-likeness (QED) is 0.124. The van der Waals surface area contributed by atoms with Crippen molar-refractivity contribution in [2.24, 2.45) is 0 Å². The van der Waals surface area contributed by atoms with Gasteiger partial charge in [-0.2, -0.15) is 0 Å². The maximum absolute atomic E-state index is 7.14. The third kappa shape index (κ3) is 11.2. The van der Waals surface area contributed by atoms with Gasteiger partial charge in [0, 0.05) is 23.3 Å². The zero-order chi connectivity index (χ0) is 34.6. The van der Waals surface area contributed by atoms with Gasteiger partial charge in [0.05, 0.1) is 0 Å². The molecule has 2 rings (SSSR count). The summed E-state index contributed by atoms with van der Waals surface area (Å²) in [5.41, 5.74) is 0.271. The van der Waals surface area contributed by atoms with E-state index in [1.165, 1.54) is 0 Å². The molecule has 0 N–H and O–H groups in total. The molecule has 0 aromatic heterocycles. The van der Waals surface area contributed by atoms with Crippen LogP contribution in [0.5, 0.6) is 0 Å². The Balaban J connectivity index is 2.74. The first kappa shape index (κ1) is 40.0. The minimum Gasteiger partial charge on any atom is -0.518 e. The summed E-state index contributed by atoms with van der Waals surface area (Å²) in [4.78, 5) is 2.09. The van der Waals surface area contributed by atoms with Crippen molar-refractivity contribution in [3.63, 3.8) is 0 Å². The van der Waals surface area contributed by atoms with E-state index >= 15 is 0 Å². The summed E-state index contributed by atoms with van der Waals surface area (Å²) in [7, 11) is -2.96. The molecule has 1 aliphatic heterocycles. The van der Waals surface area contributed by atoms with Crippen molar-refractivity contribution in [1.82, 2.24) is 0 Å². The summed E-state index contributed by atoms with van der Waals surface area (Å²) >= 11 is 1.66. The lowest BCUT2D eigenvalue weighted by Crippen LogP contribution is -2.48. The largest absolute Gasteiger partial charge is 0.518 e. The van der Waals surface area contributed by atoms with E-state index in [1.54, 1.807) is 31.0 Å². The maximum atomic E-state index is 7.14. The van der Waals surface area contributed by atoms with Crippen molar-refractivity contribution < 1.29 is 23.1 Å². The second kappa shape index (κ2) is 17.8. The molecule has 1 aliphatic rings. The standard InChI is InChI=1S/C38H58O5SSi2/c1-30(2)46(31(3)4,32(5)6)42-36-25-24-33(41-29-39-11)21-17-14-15-20-27-38(10,43-45(12,13)37(7,8)9)35(26-28-40-36)44-34-22-18-16-19-23-34/h14-16,18-19,22-23,25-26,30-33H,24,28-29H2,1-13H3/b15-14-,35-26-,36-25+/t33-,38+/m0/s1. The van der Waals surface area contributed by atoms with E-state index in [0.717, 1.165) is 9.80 Å². The lowest BCUT2D eigenvalue weighted by molar-refractivity contribution is -0.0516. The van der Waals surface area contributed by atoms with Crippen LogP contribution in [0.1, 0.15) is 75.7 Å². The monoisotopic (exact) mass is 682 g/mol. The lowest BCUT2D eigenvalue weighted by atomic mass is 10.1. The summed E-state index contributed by atoms with van der Waals surface area (Å²) < 4.78 is 31.9.